The van der Waals surface area contributed by atoms with E-state index in [9.17, 15) is 9.18 Å². The molecule has 1 amide bonds. The highest BCUT2D eigenvalue weighted by Crippen LogP contribution is 2.21. The summed E-state index contributed by atoms with van der Waals surface area (Å²) in [7, 11) is 1.75. The highest BCUT2D eigenvalue weighted by atomic mass is 19.1. The number of rotatable bonds is 4. The second-order valence-corrected chi connectivity index (χ2v) is 6.32. The predicted octanol–water partition coefficient (Wildman–Crippen LogP) is 2.78. The zero-order chi connectivity index (χ0) is 17.1. The molecule has 1 aliphatic heterocycles. The van der Waals surface area contributed by atoms with Crippen LogP contribution in [0.1, 0.15) is 47.9 Å². The maximum Gasteiger partial charge on any atom is 0.274 e. The number of hydrogen-bond donors (Lipinski definition) is 1. The molecule has 1 aromatic carbocycles. The van der Waals surface area contributed by atoms with Crippen LogP contribution >= 0.6 is 0 Å². The summed E-state index contributed by atoms with van der Waals surface area (Å²) < 4.78 is 14.9. The lowest BCUT2D eigenvalue weighted by Gasteiger charge is -2.25. The Morgan fingerprint density at radius 1 is 1.38 bits per heavy atom. The molecular weight excluding hydrogens is 307 g/mol. The fourth-order valence-corrected chi connectivity index (χ4v) is 3.04. The third-order valence-electron chi connectivity index (χ3n) is 4.73. The van der Waals surface area contributed by atoms with Crippen LogP contribution < -0.4 is 5.32 Å². The standard InChI is InChI=1S/C18H23FN4O/c1-13(14-5-7-15(19)8-6-14)22(2)18(24)17-9-11-23(21-17)16-4-3-10-20-12-16/h5-9,11,13,16,20H,3-4,10,12H2,1-2H3. The van der Waals surface area contributed by atoms with Crippen LogP contribution in [0, 0.1) is 5.82 Å². The minimum absolute atomic E-state index is 0.130. The van der Waals surface area contributed by atoms with E-state index >= 15 is 0 Å². The molecule has 0 saturated carbocycles. The SMILES string of the molecule is CC(c1ccc(F)cc1)N(C)C(=O)c1ccn(C2CCCNC2)n1. The van der Waals surface area contributed by atoms with Crippen LogP contribution in [-0.4, -0.2) is 40.7 Å². The molecule has 2 aromatic rings. The minimum atomic E-state index is -0.278. The van der Waals surface area contributed by atoms with Gasteiger partial charge >= 0.3 is 0 Å². The molecule has 24 heavy (non-hydrogen) atoms. The second kappa shape index (κ2) is 7.13. The van der Waals surface area contributed by atoms with Crippen molar-refractivity contribution in [2.45, 2.75) is 31.8 Å². The number of nitrogens with one attached hydrogen (secondary N) is 1. The van der Waals surface area contributed by atoms with Crippen LogP contribution in [0.3, 0.4) is 0 Å². The zero-order valence-electron chi connectivity index (χ0n) is 14.1. The van der Waals surface area contributed by atoms with Crippen molar-refractivity contribution in [3.05, 3.63) is 53.6 Å². The number of halogens is 1. The monoisotopic (exact) mass is 330 g/mol. The molecule has 0 bridgehead atoms. The summed E-state index contributed by atoms with van der Waals surface area (Å²) in [4.78, 5) is 14.3. The van der Waals surface area contributed by atoms with E-state index in [1.807, 2.05) is 17.8 Å². The number of nitrogens with zero attached hydrogens (tertiary/aromatic N) is 3. The summed E-state index contributed by atoms with van der Waals surface area (Å²) in [5.74, 6) is -0.408. The first-order valence-corrected chi connectivity index (χ1v) is 8.35. The lowest BCUT2D eigenvalue weighted by molar-refractivity contribution is 0.0735. The van der Waals surface area contributed by atoms with Gasteiger partial charge in [-0.25, -0.2) is 4.39 Å². The van der Waals surface area contributed by atoms with Crippen molar-refractivity contribution in [1.29, 1.82) is 0 Å². The molecule has 1 saturated heterocycles. The normalized spacial score (nSPS) is 19.0. The van der Waals surface area contributed by atoms with Gasteiger partial charge in [-0.3, -0.25) is 9.48 Å². The average Bonchev–Trinajstić information content (AvgIpc) is 3.11. The third-order valence-corrected chi connectivity index (χ3v) is 4.73. The van der Waals surface area contributed by atoms with E-state index in [4.69, 9.17) is 0 Å². The van der Waals surface area contributed by atoms with Crippen molar-refractivity contribution >= 4 is 5.91 Å². The number of aromatic nitrogens is 2. The highest BCUT2D eigenvalue weighted by molar-refractivity contribution is 5.92. The maximum atomic E-state index is 13.1. The fraction of sp³-hybridized carbons (Fsp3) is 0.444. The Kier molecular flexibility index (Phi) is 4.94. The van der Waals surface area contributed by atoms with E-state index in [1.54, 1.807) is 30.1 Å². The molecule has 1 N–H and O–H groups in total. The number of amides is 1. The summed E-state index contributed by atoms with van der Waals surface area (Å²) in [6.45, 7) is 3.85. The van der Waals surface area contributed by atoms with Crippen LogP contribution in [0.25, 0.3) is 0 Å². The van der Waals surface area contributed by atoms with Gasteiger partial charge in [0.05, 0.1) is 12.1 Å². The Hall–Kier alpha value is -2.21. The van der Waals surface area contributed by atoms with Gasteiger partial charge < -0.3 is 10.2 Å². The zero-order valence-corrected chi connectivity index (χ0v) is 14.1. The molecule has 1 aliphatic rings. The highest BCUT2D eigenvalue weighted by Gasteiger charge is 2.22. The molecule has 2 unspecified atom stereocenters. The number of carbonyl (C=O) groups excluding carboxylic acids is 1. The van der Waals surface area contributed by atoms with Gasteiger partial charge in [-0.15, -0.1) is 0 Å². The molecule has 0 radical (unpaired) electrons. The summed E-state index contributed by atoms with van der Waals surface area (Å²) in [6, 6.07) is 8.15. The van der Waals surface area contributed by atoms with Crippen LogP contribution in [0.15, 0.2) is 36.5 Å². The Bertz CT molecular complexity index is 691. The van der Waals surface area contributed by atoms with Gasteiger partial charge in [-0.1, -0.05) is 12.1 Å². The van der Waals surface area contributed by atoms with Crippen molar-refractivity contribution in [1.82, 2.24) is 20.0 Å². The number of piperidine rings is 1. The van der Waals surface area contributed by atoms with E-state index in [-0.39, 0.29) is 17.8 Å². The largest absolute Gasteiger partial charge is 0.334 e. The van der Waals surface area contributed by atoms with E-state index in [0.29, 0.717) is 11.7 Å². The van der Waals surface area contributed by atoms with Gasteiger partial charge in [0, 0.05) is 19.8 Å². The second-order valence-electron chi connectivity index (χ2n) is 6.32. The first-order chi connectivity index (χ1) is 11.6. The Labute approximate surface area is 141 Å². The number of hydrogen-bond acceptors (Lipinski definition) is 3. The molecular formula is C18H23FN4O. The summed E-state index contributed by atoms with van der Waals surface area (Å²) in [6.07, 6.45) is 4.07. The lowest BCUT2D eigenvalue weighted by Crippen LogP contribution is -2.33. The van der Waals surface area contributed by atoms with Crippen LogP contribution in [0.4, 0.5) is 4.39 Å². The quantitative estimate of drug-likeness (QED) is 0.938. The Morgan fingerprint density at radius 3 is 2.79 bits per heavy atom. The van der Waals surface area contributed by atoms with E-state index < -0.39 is 0 Å². The molecule has 2 atom stereocenters. The first-order valence-electron chi connectivity index (χ1n) is 8.35. The molecule has 5 nitrogen and oxygen atoms in total. The minimum Gasteiger partial charge on any atom is -0.334 e. The maximum absolute atomic E-state index is 13.1. The summed E-state index contributed by atoms with van der Waals surface area (Å²) in [5.41, 5.74) is 1.33. The first kappa shape index (κ1) is 16.6. The van der Waals surface area contributed by atoms with Crippen LogP contribution in [-0.2, 0) is 0 Å². The molecule has 6 heteroatoms. The van der Waals surface area contributed by atoms with Crippen molar-refractivity contribution in [3.8, 4) is 0 Å². The van der Waals surface area contributed by atoms with Crippen LogP contribution in [0.2, 0.25) is 0 Å². The fourth-order valence-electron chi connectivity index (χ4n) is 3.04. The molecule has 2 heterocycles. The van der Waals surface area contributed by atoms with Gasteiger partial charge in [0.25, 0.3) is 5.91 Å². The van der Waals surface area contributed by atoms with E-state index in [0.717, 1.165) is 31.5 Å². The van der Waals surface area contributed by atoms with Gasteiger partial charge in [0.15, 0.2) is 0 Å². The Morgan fingerprint density at radius 2 is 2.12 bits per heavy atom. The van der Waals surface area contributed by atoms with Crippen molar-refractivity contribution in [2.24, 2.45) is 0 Å². The number of carbonyl (C=O) groups is 1. The van der Waals surface area contributed by atoms with Crippen molar-refractivity contribution in [2.75, 3.05) is 20.1 Å². The molecule has 0 spiro atoms. The van der Waals surface area contributed by atoms with E-state index in [1.165, 1.54) is 12.1 Å². The van der Waals surface area contributed by atoms with Gasteiger partial charge in [-0.2, -0.15) is 5.10 Å². The van der Waals surface area contributed by atoms with E-state index in [2.05, 4.69) is 10.4 Å². The molecule has 128 valence electrons. The van der Waals surface area contributed by atoms with Crippen molar-refractivity contribution in [3.63, 3.8) is 0 Å². The molecule has 0 aliphatic carbocycles. The Balaban J connectivity index is 1.71. The summed E-state index contributed by atoms with van der Waals surface area (Å²) >= 11 is 0. The lowest BCUT2D eigenvalue weighted by atomic mass is 10.1. The molecule has 3 rings (SSSR count). The average molecular weight is 330 g/mol. The third kappa shape index (κ3) is 3.48. The predicted molar refractivity (Wildman–Crippen MR) is 90.3 cm³/mol. The van der Waals surface area contributed by atoms with Crippen LogP contribution in [0.5, 0.6) is 0 Å². The number of benzene rings is 1. The van der Waals surface area contributed by atoms with Gasteiger partial charge in [0.2, 0.25) is 0 Å². The van der Waals surface area contributed by atoms with Crippen molar-refractivity contribution < 1.29 is 9.18 Å². The van der Waals surface area contributed by atoms with Gasteiger partial charge in [-0.05, 0) is 50.1 Å². The molecule has 1 aromatic heterocycles. The smallest absolute Gasteiger partial charge is 0.274 e. The molecule has 1 fully saturated rings. The topological polar surface area (TPSA) is 50.2 Å². The summed E-state index contributed by atoms with van der Waals surface area (Å²) in [5, 5.41) is 7.82. The van der Waals surface area contributed by atoms with Gasteiger partial charge in [0.1, 0.15) is 11.5 Å².